The van der Waals surface area contributed by atoms with Crippen LogP contribution in [0.5, 0.6) is 0 Å². The molecule has 0 N–H and O–H groups in total. The third kappa shape index (κ3) is 9.38. The van der Waals surface area contributed by atoms with Crippen molar-refractivity contribution >= 4 is 53.3 Å². The molecule has 0 aliphatic carbocycles. The van der Waals surface area contributed by atoms with Crippen molar-refractivity contribution in [2.45, 2.75) is 105 Å². The maximum atomic E-state index is 5.70. The van der Waals surface area contributed by atoms with Gasteiger partial charge in [-0.3, -0.25) is 0 Å². The van der Waals surface area contributed by atoms with E-state index in [9.17, 15) is 0 Å². The van der Waals surface area contributed by atoms with Crippen LogP contribution in [-0.4, -0.2) is 29.5 Å². The van der Waals surface area contributed by atoms with Crippen molar-refractivity contribution in [2.75, 3.05) is 0 Å². The minimum atomic E-state index is -0.135. The first-order chi connectivity index (χ1) is 37.2. The number of rotatable bonds is 7. The zero-order valence-electron chi connectivity index (χ0n) is 46.9. The Labute approximate surface area is 463 Å². The Hall–Kier alpha value is -8.13. The summed E-state index contributed by atoms with van der Waals surface area (Å²) >= 11 is 1.86. The normalized spacial score (nSPS) is 12.6. The van der Waals surface area contributed by atoms with Gasteiger partial charge in [-0.25, -0.2) is 24.9 Å². The van der Waals surface area contributed by atoms with Crippen LogP contribution >= 0.6 is 11.3 Å². The van der Waals surface area contributed by atoms with Crippen molar-refractivity contribution in [1.29, 1.82) is 0 Å². The Kier molecular flexibility index (Phi) is 12.2. The van der Waals surface area contributed by atoms with E-state index in [-0.39, 0.29) is 21.7 Å². The van der Waals surface area contributed by atoms with E-state index in [0.717, 1.165) is 61.5 Å². The summed E-state index contributed by atoms with van der Waals surface area (Å²) in [5.74, 6) is 2.46. The standard InChI is InChI=1S/C71H66N6S/c1-68(2,3)48-35-46(36-49(40-48)69(4,5)6)65-74-66(47-37-50(70(7,8)9)41-51(38-47)71(10,11)12)76-67(75-65)55-39-45(57-42-56(43-23-15-13-16-24-43)72-64(73-57)44-25-17-14-18-26-44)31-33-59(55)77-58-29-21-19-28-54(58)62-60(77)34-32-53-52-27-20-22-30-61(52)78-63(53)62/h13-42H,1-12H3. The van der Waals surface area contributed by atoms with Crippen molar-refractivity contribution in [3.63, 3.8) is 0 Å². The van der Waals surface area contributed by atoms with Gasteiger partial charge in [-0.1, -0.05) is 204 Å². The molecule has 4 aromatic heterocycles. The summed E-state index contributed by atoms with van der Waals surface area (Å²) in [7, 11) is 0. The summed E-state index contributed by atoms with van der Waals surface area (Å²) in [6.45, 7) is 27.4. The van der Waals surface area contributed by atoms with Crippen LogP contribution in [0.25, 0.3) is 116 Å². The minimum Gasteiger partial charge on any atom is -0.308 e. The Balaban J connectivity index is 1.20. The van der Waals surface area contributed by atoms with Crippen LogP contribution < -0.4 is 0 Å². The van der Waals surface area contributed by atoms with E-state index in [0.29, 0.717) is 23.3 Å². The molecule has 0 amide bonds. The van der Waals surface area contributed by atoms with E-state index in [1.165, 1.54) is 53.2 Å². The van der Waals surface area contributed by atoms with Crippen LogP contribution in [0.15, 0.2) is 182 Å². The molecule has 0 saturated heterocycles. The molecule has 12 rings (SSSR count). The van der Waals surface area contributed by atoms with Gasteiger partial charge >= 0.3 is 0 Å². The highest BCUT2D eigenvalue weighted by Crippen LogP contribution is 2.46. The third-order valence-electron chi connectivity index (χ3n) is 15.3. The van der Waals surface area contributed by atoms with E-state index < -0.39 is 0 Å². The molecular weight excluding hydrogens is 969 g/mol. The van der Waals surface area contributed by atoms with Gasteiger partial charge in [0.1, 0.15) is 0 Å². The first-order valence-electron chi connectivity index (χ1n) is 27.2. The number of nitrogens with zero attached hydrogens (tertiary/aromatic N) is 6. The van der Waals surface area contributed by atoms with Crippen LogP contribution in [0.3, 0.4) is 0 Å². The maximum Gasteiger partial charge on any atom is 0.166 e. The highest BCUT2D eigenvalue weighted by atomic mass is 32.1. The average molecular weight is 1040 g/mol. The third-order valence-corrected chi connectivity index (χ3v) is 16.5. The van der Waals surface area contributed by atoms with Crippen LogP contribution in [0.1, 0.15) is 105 Å². The summed E-state index contributed by atoms with van der Waals surface area (Å²) in [4.78, 5) is 27.5. The lowest BCUT2D eigenvalue weighted by molar-refractivity contribution is 0.568. The van der Waals surface area contributed by atoms with Crippen molar-refractivity contribution in [3.8, 4) is 73.8 Å². The van der Waals surface area contributed by atoms with Crippen molar-refractivity contribution in [3.05, 3.63) is 204 Å². The molecule has 4 heterocycles. The van der Waals surface area contributed by atoms with Crippen LogP contribution in [0.2, 0.25) is 0 Å². The Morgan fingerprint density at radius 2 is 0.808 bits per heavy atom. The summed E-state index contributed by atoms with van der Waals surface area (Å²) in [6, 6.07) is 65.5. The molecule has 6 nitrogen and oxygen atoms in total. The molecule has 0 atom stereocenters. The van der Waals surface area contributed by atoms with Gasteiger partial charge < -0.3 is 4.57 Å². The Morgan fingerprint density at radius 1 is 0.333 bits per heavy atom. The van der Waals surface area contributed by atoms with E-state index in [4.69, 9.17) is 24.9 Å². The van der Waals surface area contributed by atoms with Gasteiger partial charge in [-0.15, -0.1) is 11.3 Å². The molecule has 7 heteroatoms. The molecule has 0 saturated carbocycles. The quantitative estimate of drug-likeness (QED) is 0.159. The van der Waals surface area contributed by atoms with Gasteiger partial charge in [-0.2, -0.15) is 0 Å². The number of benzene rings is 8. The Morgan fingerprint density at radius 3 is 1.37 bits per heavy atom. The largest absolute Gasteiger partial charge is 0.308 e. The van der Waals surface area contributed by atoms with Crippen molar-refractivity contribution in [1.82, 2.24) is 29.5 Å². The highest BCUT2D eigenvalue weighted by molar-refractivity contribution is 7.26. The smallest absolute Gasteiger partial charge is 0.166 e. The lowest BCUT2D eigenvalue weighted by Gasteiger charge is -2.26. The molecule has 386 valence electrons. The van der Waals surface area contributed by atoms with Crippen molar-refractivity contribution in [2.24, 2.45) is 0 Å². The lowest BCUT2D eigenvalue weighted by Crippen LogP contribution is -2.17. The second-order valence-electron chi connectivity index (χ2n) is 25.1. The maximum absolute atomic E-state index is 5.70. The SMILES string of the molecule is CC(C)(C)c1cc(-c2nc(-c3cc(C(C)(C)C)cc(C(C)(C)C)c3)nc(-c3cc(-c4cc(-c5ccccc5)nc(-c5ccccc5)n4)ccc3-n3c4ccccc4c4c5sc6ccccc6c5ccc43)n2)cc(C(C)(C)C)c1. The summed E-state index contributed by atoms with van der Waals surface area (Å²) in [5.41, 5.74) is 14.8. The molecule has 8 aromatic carbocycles. The van der Waals surface area contributed by atoms with E-state index in [2.05, 4.69) is 245 Å². The molecule has 0 fully saturated rings. The van der Waals surface area contributed by atoms with Gasteiger partial charge in [-0.05, 0) is 105 Å². The number of hydrogen-bond donors (Lipinski definition) is 0. The monoisotopic (exact) mass is 1030 g/mol. The minimum absolute atomic E-state index is 0.135. The molecule has 0 aliphatic rings. The van der Waals surface area contributed by atoms with Gasteiger partial charge in [0, 0.05) is 64.3 Å². The molecule has 0 aliphatic heterocycles. The molecule has 0 bridgehead atoms. The van der Waals surface area contributed by atoms with Crippen molar-refractivity contribution < 1.29 is 0 Å². The fourth-order valence-corrected chi connectivity index (χ4v) is 11.9. The second-order valence-corrected chi connectivity index (χ2v) is 26.2. The van der Waals surface area contributed by atoms with Gasteiger partial charge in [0.15, 0.2) is 23.3 Å². The molecular formula is C71H66N6S. The predicted molar refractivity (Wildman–Crippen MR) is 330 cm³/mol. The van der Waals surface area contributed by atoms with Crippen LogP contribution in [0, 0.1) is 0 Å². The van der Waals surface area contributed by atoms with E-state index in [1.54, 1.807) is 0 Å². The molecule has 0 radical (unpaired) electrons. The van der Waals surface area contributed by atoms with Gasteiger partial charge in [0.05, 0.1) is 28.1 Å². The second kappa shape index (κ2) is 18.8. The molecule has 12 aromatic rings. The van der Waals surface area contributed by atoms with Crippen LogP contribution in [-0.2, 0) is 21.7 Å². The number of thiophene rings is 1. The summed E-state index contributed by atoms with van der Waals surface area (Å²) < 4.78 is 4.98. The Bertz CT molecular complexity index is 4070. The molecule has 0 spiro atoms. The van der Waals surface area contributed by atoms with Crippen LogP contribution in [0.4, 0.5) is 0 Å². The number of fused-ring (bicyclic) bond motifs is 7. The fourth-order valence-electron chi connectivity index (χ4n) is 10.6. The number of aromatic nitrogens is 6. The summed E-state index contributed by atoms with van der Waals surface area (Å²) in [5, 5.41) is 4.96. The van der Waals surface area contributed by atoms with E-state index >= 15 is 0 Å². The first kappa shape index (κ1) is 50.7. The average Bonchev–Trinajstić information content (AvgIpc) is 4.17. The fraction of sp³-hybridized carbons (Fsp3) is 0.225. The number of para-hydroxylation sites is 1. The molecule has 0 unspecified atom stereocenters. The topological polar surface area (TPSA) is 69.4 Å². The van der Waals surface area contributed by atoms with Gasteiger partial charge in [0.25, 0.3) is 0 Å². The highest BCUT2D eigenvalue weighted by Gasteiger charge is 2.28. The predicted octanol–water partition coefficient (Wildman–Crippen LogP) is 19.3. The molecule has 78 heavy (non-hydrogen) atoms. The lowest BCUT2D eigenvalue weighted by atomic mass is 9.79. The van der Waals surface area contributed by atoms with E-state index in [1.807, 2.05) is 35.6 Å². The zero-order chi connectivity index (χ0) is 54.5. The van der Waals surface area contributed by atoms with Gasteiger partial charge in [0.2, 0.25) is 0 Å². The first-order valence-corrected chi connectivity index (χ1v) is 28.0. The number of hydrogen-bond acceptors (Lipinski definition) is 6. The summed E-state index contributed by atoms with van der Waals surface area (Å²) in [6.07, 6.45) is 0. The zero-order valence-corrected chi connectivity index (χ0v) is 47.7.